The molecule has 1 saturated carbocycles. The van der Waals surface area contributed by atoms with Crippen LogP contribution in [0.15, 0.2) is 16.6 Å². The SMILES string of the molecule is CC(C)(C)C1CCCC(Nc2c(Cl)cc(F)cc2Br)CC1. The van der Waals surface area contributed by atoms with Gasteiger partial charge in [0.25, 0.3) is 0 Å². The lowest BCUT2D eigenvalue weighted by molar-refractivity contribution is 0.214. The molecular formula is C17H24BrClFN. The molecule has 2 unspecified atom stereocenters. The molecule has 118 valence electrons. The molecule has 0 aromatic heterocycles. The normalized spacial score (nSPS) is 23.7. The maximum atomic E-state index is 13.3. The summed E-state index contributed by atoms with van der Waals surface area (Å²) in [6.07, 6.45) is 6.04. The van der Waals surface area contributed by atoms with Gasteiger partial charge in [-0.05, 0) is 65.1 Å². The average molecular weight is 377 g/mol. The zero-order valence-electron chi connectivity index (χ0n) is 13.0. The molecule has 1 aromatic carbocycles. The predicted molar refractivity (Wildman–Crippen MR) is 92.6 cm³/mol. The highest BCUT2D eigenvalue weighted by Gasteiger charge is 2.28. The van der Waals surface area contributed by atoms with Crippen molar-refractivity contribution in [3.8, 4) is 0 Å². The lowest BCUT2D eigenvalue weighted by atomic mass is 9.76. The largest absolute Gasteiger partial charge is 0.380 e. The van der Waals surface area contributed by atoms with Crippen LogP contribution >= 0.6 is 27.5 Å². The van der Waals surface area contributed by atoms with E-state index in [9.17, 15) is 4.39 Å². The highest BCUT2D eigenvalue weighted by molar-refractivity contribution is 9.10. The molecule has 1 aliphatic rings. The van der Waals surface area contributed by atoms with Crippen molar-refractivity contribution in [1.29, 1.82) is 0 Å². The van der Waals surface area contributed by atoms with Gasteiger partial charge in [0.2, 0.25) is 0 Å². The van der Waals surface area contributed by atoms with Crippen LogP contribution in [-0.4, -0.2) is 6.04 Å². The van der Waals surface area contributed by atoms with E-state index < -0.39 is 0 Å². The Balaban J connectivity index is 2.05. The standard InChI is InChI=1S/C17H24BrClFN/c1-17(2,3)11-5-4-6-13(8-7-11)21-16-14(18)9-12(20)10-15(16)19/h9-11,13,21H,4-8H2,1-3H3. The highest BCUT2D eigenvalue weighted by Crippen LogP contribution is 2.39. The Morgan fingerprint density at radius 1 is 1.19 bits per heavy atom. The van der Waals surface area contributed by atoms with Crippen molar-refractivity contribution in [2.75, 3.05) is 5.32 Å². The van der Waals surface area contributed by atoms with Crippen LogP contribution in [0.2, 0.25) is 5.02 Å². The number of rotatable bonds is 2. The molecule has 1 N–H and O–H groups in total. The van der Waals surface area contributed by atoms with Crippen LogP contribution in [-0.2, 0) is 0 Å². The second-order valence-corrected chi connectivity index (χ2v) is 8.42. The molecule has 4 heteroatoms. The van der Waals surface area contributed by atoms with Gasteiger partial charge < -0.3 is 5.32 Å². The van der Waals surface area contributed by atoms with Crippen LogP contribution in [0.1, 0.15) is 52.9 Å². The topological polar surface area (TPSA) is 12.0 Å². The van der Waals surface area contributed by atoms with Crippen LogP contribution in [0, 0.1) is 17.2 Å². The summed E-state index contributed by atoms with van der Waals surface area (Å²) in [7, 11) is 0. The van der Waals surface area contributed by atoms with Gasteiger partial charge in [-0.2, -0.15) is 0 Å². The van der Waals surface area contributed by atoms with Gasteiger partial charge in [-0.25, -0.2) is 4.39 Å². The minimum atomic E-state index is -0.314. The minimum absolute atomic E-state index is 0.314. The molecule has 1 aromatic rings. The van der Waals surface area contributed by atoms with Crippen molar-refractivity contribution < 1.29 is 4.39 Å². The summed E-state index contributed by atoms with van der Waals surface area (Å²) in [6.45, 7) is 7.00. The van der Waals surface area contributed by atoms with Gasteiger partial charge in [-0.3, -0.25) is 0 Å². The molecule has 0 saturated heterocycles. The quantitative estimate of drug-likeness (QED) is 0.570. The van der Waals surface area contributed by atoms with Crippen LogP contribution < -0.4 is 5.32 Å². The molecule has 0 bridgehead atoms. The first-order chi connectivity index (χ1) is 9.77. The van der Waals surface area contributed by atoms with Crippen LogP contribution in [0.5, 0.6) is 0 Å². The van der Waals surface area contributed by atoms with E-state index in [4.69, 9.17) is 11.6 Å². The van der Waals surface area contributed by atoms with Crippen molar-refractivity contribution in [2.45, 2.75) is 58.9 Å². The molecule has 0 amide bonds. The summed E-state index contributed by atoms with van der Waals surface area (Å²) in [5, 5.41) is 3.95. The van der Waals surface area contributed by atoms with E-state index in [2.05, 4.69) is 42.0 Å². The summed E-state index contributed by atoms with van der Waals surface area (Å²) >= 11 is 9.56. The summed E-state index contributed by atoms with van der Waals surface area (Å²) in [6, 6.07) is 3.24. The number of hydrogen-bond donors (Lipinski definition) is 1. The fourth-order valence-corrected chi connectivity index (χ4v) is 4.12. The number of anilines is 1. The second kappa shape index (κ2) is 6.87. The number of hydrogen-bond acceptors (Lipinski definition) is 1. The fourth-order valence-electron chi connectivity index (χ4n) is 3.20. The molecule has 1 aliphatic carbocycles. The first-order valence-corrected chi connectivity index (χ1v) is 8.85. The Morgan fingerprint density at radius 3 is 2.52 bits per heavy atom. The molecule has 0 spiro atoms. The number of benzene rings is 1. The molecule has 2 atom stereocenters. The Kier molecular flexibility index (Phi) is 5.59. The lowest BCUT2D eigenvalue weighted by Crippen LogP contribution is -2.22. The zero-order valence-corrected chi connectivity index (χ0v) is 15.3. The van der Waals surface area contributed by atoms with Gasteiger partial charge in [0, 0.05) is 10.5 Å². The van der Waals surface area contributed by atoms with Crippen LogP contribution in [0.3, 0.4) is 0 Å². The third-order valence-electron chi connectivity index (χ3n) is 4.55. The molecule has 0 heterocycles. The summed E-state index contributed by atoms with van der Waals surface area (Å²) in [4.78, 5) is 0. The lowest BCUT2D eigenvalue weighted by Gasteiger charge is -2.29. The van der Waals surface area contributed by atoms with Crippen molar-refractivity contribution in [3.63, 3.8) is 0 Å². The third kappa shape index (κ3) is 4.59. The third-order valence-corrected chi connectivity index (χ3v) is 5.47. The van der Waals surface area contributed by atoms with Crippen molar-refractivity contribution in [2.24, 2.45) is 11.3 Å². The summed E-state index contributed by atoms with van der Waals surface area (Å²) < 4.78 is 14.0. The summed E-state index contributed by atoms with van der Waals surface area (Å²) in [5.74, 6) is 0.461. The Hall–Kier alpha value is -0.280. The zero-order chi connectivity index (χ0) is 15.6. The first-order valence-electron chi connectivity index (χ1n) is 7.68. The van der Waals surface area contributed by atoms with Crippen LogP contribution in [0.25, 0.3) is 0 Å². The van der Waals surface area contributed by atoms with E-state index in [1.165, 1.54) is 31.4 Å². The second-order valence-electron chi connectivity index (χ2n) is 7.16. The van der Waals surface area contributed by atoms with E-state index in [-0.39, 0.29) is 5.82 Å². The smallest absolute Gasteiger partial charge is 0.125 e. The van der Waals surface area contributed by atoms with Crippen molar-refractivity contribution in [3.05, 3.63) is 27.4 Å². The minimum Gasteiger partial charge on any atom is -0.380 e. The van der Waals surface area contributed by atoms with Gasteiger partial charge in [0.1, 0.15) is 5.82 Å². The van der Waals surface area contributed by atoms with Gasteiger partial charge in [-0.1, -0.05) is 38.8 Å². The van der Waals surface area contributed by atoms with E-state index in [0.717, 1.165) is 24.4 Å². The van der Waals surface area contributed by atoms with Crippen molar-refractivity contribution in [1.82, 2.24) is 0 Å². The van der Waals surface area contributed by atoms with E-state index in [1.807, 2.05) is 0 Å². The highest BCUT2D eigenvalue weighted by atomic mass is 79.9. The predicted octanol–water partition coefficient (Wildman–Crippen LogP) is 6.65. The molecule has 21 heavy (non-hydrogen) atoms. The number of halogens is 3. The molecule has 0 radical (unpaired) electrons. The van der Waals surface area contributed by atoms with E-state index in [1.54, 1.807) is 0 Å². The monoisotopic (exact) mass is 375 g/mol. The first kappa shape index (κ1) is 17.1. The van der Waals surface area contributed by atoms with Gasteiger partial charge >= 0.3 is 0 Å². The Bertz CT molecular complexity index is 475. The number of nitrogens with one attached hydrogen (secondary N) is 1. The average Bonchev–Trinajstić information content (AvgIpc) is 2.58. The molecule has 1 nitrogen and oxygen atoms in total. The Labute approximate surface area is 140 Å². The maximum Gasteiger partial charge on any atom is 0.125 e. The Morgan fingerprint density at radius 2 is 1.90 bits per heavy atom. The molecule has 0 aliphatic heterocycles. The van der Waals surface area contributed by atoms with Gasteiger partial charge in [0.15, 0.2) is 0 Å². The van der Waals surface area contributed by atoms with Crippen molar-refractivity contribution >= 4 is 33.2 Å². The van der Waals surface area contributed by atoms with Crippen LogP contribution in [0.4, 0.5) is 10.1 Å². The van der Waals surface area contributed by atoms with E-state index >= 15 is 0 Å². The van der Waals surface area contributed by atoms with E-state index in [0.29, 0.717) is 21.0 Å². The molecule has 2 rings (SSSR count). The molecule has 1 fully saturated rings. The van der Waals surface area contributed by atoms with Gasteiger partial charge in [0.05, 0.1) is 10.7 Å². The van der Waals surface area contributed by atoms with Gasteiger partial charge in [-0.15, -0.1) is 0 Å². The molecular weight excluding hydrogens is 353 g/mol. The fraction of sp³-hybridized carbons (Fsp3) is 0.647. The maximum absolute atomic E-state index is 13.3. The summed E-state index contributed by atoms with van der Waals surface area (Å²) in [5.41, 5.74) is 1.19.